The summed E-state index contributed by atoms with van der Waals surface area (Å²) in [6.07, 6.45) is 1.38. The van der Waals surface area contributed by atoms with Gasteiger partial charge in [-0.05, 0) is 34.5 Å². The van der Waals surface area contributed by atoms with Gasteiger partial charge in [0.2, 0.25) is 0 Å². The van der Waals surface area contributed by atoms with Gasteiger partial charge in [0.15, 0.2) is 0 Å². The molecule has 0 saturated carbocycles. The van der Waals surface area contributed by atoms with E-state index >= 15 is 0 Å². The standard InChI is InChI=1S/C12H14FN5O/c1-8(2)6-14-12(19)10-5-9(3-4-11(10)13)18-7-15-16-17-18/h3-5,7-8H,6H2,1-2H3,(H,14,19). The van der Waals surface area contributed by atoms with E-state index < -0.39 is 11.7 Å². The fourth-order valence-electron chi connectivity index (χ4n) is 1.50. The molecule has 1 heterocycles. The van der Waals surface area contributed by atoms with Crippen molar-refractivity contribution in [3.8, 4) is 5.69 Å². The number of nitrogens with zero attached hydrogens (tertiary/aromatic N) is 4. The van der Waals surface area contributed by atoms with Gasteiger partial charge in [-0.3, -0.25) is 4.79 Å². The number of nitrogens with one attached hydrogen (secondary N) is 1. The van der Waals surface area contributed by atoms with E-state index in [9.17, 15) is 9.18 Å². The van der Waals surface area contributed by atoms with Crippen molar-refractivity contribution in [1.29, 1.82) is 0 Å². The zero-order chi connectivity index (χ0) is 13.8. The number of amides is 1. The average Bonchev–Trinajstić information content (AvgIpc) is 2.90. The molecule has 0 spiro atoms. The number of rotatable bonds is 4. The lowest BCUT2D eigenvalue weighted by Crippen LogP contribution is -2.28. The predicted molar refractivity (Wildman–Crippen MR) is 66.3 cm³/mol. The second-order valence-electron chi connectivity index (χ2n) is 4.52. The van der Waals surface area contributed by atoms with E-state index in [1.54, 1.807) is 0 Å². The summed E-state index contributed by atoms with van der Waals surface area (Å²) in [4.78, 5) is 11.9. The SMILES string of the molecule is CC(C)CNC(=O)c1cc(-n2cnnn2)ccc1F. The number of halogens is 1. The summed E-state index contributed by atoms with van der Waals surface area (Å²) in [7, 11) is 0. The van der Waals surface area contributed by atoms with Crippen LogP contribution in [0.3, 0.4) is 0 Å². The topological polar surface area (TPSA) is 72.7 Å². The van der Waals surface area contributed by atoms with Crippen LogP contribution in [0.1, 0.15) is 24.2 Å². The maximum atomic E-state index is 13.7. The molecule has 2 rings (SSSR count). The van der Waals surface area contributed by atoms with Crippen LogP contribution in [0.4, 0.5) is 4.39 Å². The lowest BCUT2D eigenvalue weighted by molar-refractivity contribution is 0.0945. The molecule has 0 saturated heterocycles. The number of carbonyl (C=O) groups excluding carboxylic acids is 1. The van der Waals surface area contributed by atoms with Gasteiger partial charge in [0.1, 0.15) is 12.1 Å². The van der Waals surface area contributed by atoms with Gasteiger partial charge in [0.25, 0.3) is 5.91 Å². The molecule has 0 unspecified atom stereocenters. The van der Waals surface area contributed by atoms with E-state index in [-0.39, 0.29) is 5.56 Å². The lowest BCUT2D eigenvalue weighted by atomic mass is 10.1. The Kier molecular flexibility index (Phi) is 3.84. The fourth-order valence-corrected chi connectivity index (χ4v) is 1.50. The summed E-state index contributed by atoms with van der Waals surface area (Å²) in [5.74, 6) is -0.714. The molecule has 1 amide bonds. The zero-order valence-electron chi connectivity index (χ0n) is 10.7. The van der Waals surface area contributed by atoms with E-state index in [1.807, 2.05) is 13.8 Å². The van der Waals surface area contributed by atoms with Gasteiger partial charge in [0, 0.05) is 6.54 Å². The van der Waals surface area contributed by atoms with Crippen molar-refractivity contribution < 1.29 is 9.18 Å². The van der Waals surface area contributed by atoms with Crippen molar-refractivity contribution in [1.82, 2.24) is 25.5 Å². The Balaban J connectivity index is 2.25. The molecule has 1 aromatic carbocycles. The highest BCUT2D eigenvalue weighted by atomic mass is 19.1. The first-order valence-electron chi connectivity index (χ1n) is 5.89. The Morgan fingerprint density at radius 1 is 1.47 bits per heavy atom. The van der Waals surface area contributed by atoms with Crippen molar-refractivity contribution in [3.63, 3.8) is 0 Å². The first-order valence-corrected chi connectivity index (χ1v) is 5.89. The maximum absolute atomic E-state index is 13.7. The van der Waals surface area contributed by atoms with Gasteiger partial charge >= 0.3 is 0 Å². The summed E-state index contributed by atoms with van der Waals surface area (Å²) < 4.78 is 15.0. The van der Waals surface area contributed by atoms with Gasteiger partial charge in [-0.15, -0.1) is 5.10 Å². The van der Waals surface area contributed by atoms with Gasteiger partial charge in [0.05, 0.1) is 11.3 Å². The first kappa shape index (κ1) is 13.1. The van der Waals surface area contributed by atoms with E-state index in [0.717, 1.165) is 0 Å². The lowest BCUT2D eigenvalue weighted by Gasteiger charge is -2.09. The molecular formula is C12H14FN5O. The van der Waals surface area contributed by atoms with Crippen molar-refractivity contribution in [3.05, 3.63) is 35.9 Å². The van der Waals surface area contributed by atoms with Gasteiger partial charge in [-0.25, -0.2) is 9.07 Å². The summed E-state index contributed by atoms with van der Waals surface area (Å²) in [6, 6.07) is 4.15. The van der Waals surface area contributed by atoms with Gasteiger partial charge in [-0.1, -0.05) is 13.8 Å². The largest absolute Gasteiger partial charge is 0.352 e. The van der Waals surface area contributed by atoms with E-state index in [4.69, 9.17) is 0 Å². The molecule has 0 atom stereocenters. The molecule has 1 N–H and O–H groups in total. The van der Waals surface area contributed by atoms with Crippen LogP contribution < -0.4 is 5.32 Å². The van der Waals surface area contributed by atoms with Crippen LogP contribution in [0.2, 0.25) is 0 Å². The molecule has 6 nitrogen and oxygen atoms in total. The minimum Gasteiger partial charge on any atom is -0.352 e. The number of hydrogen-bond donors (Lipinski definition) is 1. The third-order valence-corrected chi connectivity index (χ3v) is 2.48. The van der Waals surface area contributed by atoms with Crippen molar-refractivity contribution in [2.24, 2.45) is 5.92 Å². The molecule has 0 radical (unpaired) electrons. The maximum Gasteiger partial charge on any atom is 0.254 e. The molecule has 0 fully saturated rings. The molecule has 100 valence electrons. The number of aromatic nitrogens is 4. The molecule has 19 heavy (non-hydrogen) atoms. The van der Waals surface area contributed by atoms with E-state index in [2.05, 4.69) is 20.8 Å². The highest BCUT2D eigenvalue weighted by Crippen LogP contribution is 2.13. The average molecular weight is 263 g/mol. The fraction of sp³-hybridized carbons (Fsp3) is 0.333. The smallest absolute Gasteiger partial charge is 0.254 e. The number of hydrogen-bond acceptors (Lipinski definition) is 4. The molecular weight excluding hydrogens is 249 g/mol. The van der Waals surface area contributed by atoms with Gasteiger partial charge in [-0.2, -0.15) is 0 Å². The van der Waals surface area contributed by atoms with Crippen LogP contribution in [0.25, 0.3) is 5.69 Å². The van der Waals surface area contributed by atoms with Crippen LogP contribution in [-0.2, 0) is 0 Å². The van der Waals surface area contributed by atoms with E-state index in [1.165, 1.54) is 29.2 Å². The third-order valence-electron chi connectivity index (χ3n) is 2.48. The normalized spacial score (nSPS) is 10.7. The quantitative estimate of drug-likeness (QED) is 0.899. The molecule has 0 aliphatic rings. The van der Waals surface area contributed by atoms with E-state index in [0.29, 0.717) is 18.2 Å². The number of benzene rings is 1. The molecule has 0 aliphatic carbocycles. The molecule has 1 aromatic heterocycles. The molecule has 0 aliphatic heterocycles. The summed E-state index contributed by atoms with van der Waals surface area (Å²) in [6.45, 7) is 4.43. The van der Waals surface area contributed by atoms with Crippen LogP contribution >= 0.6 is 0 Å². The second kappa shape index (κ2) is 5.55. The summed E-state index contributed by atoms with van der Waals surface area (Å²) >= 11 is 0. The molecule has 0 bridgehead atoms. The Hall–Kier alpha value is -2.31. The Morgan fingerprint density at radius 3 is 2.89 bits per heavy atom. The Bertz CT molecular complexity index is 568. The van der Waals surface area contributed by atoms with Crippen LogP contribution in [0.5, 0.6) is 0 Å². The monoisotopic (exact) mass is 263 g/mol. The molecule has 7 heteroatoms. The van der Waals surface area contributed by atoms with Crippen molar-refractivity contribution >= 4 is 5.91 Å². The zero-order valence-corrected chi connectivity index (χ0v) is 10.7. The van der Waals surface area contributed by atoms with Crippen molar-refractivity contribution in [2.45, 2.75) is 13.8 Å². The van der Waals surface area contributed by atoms with Crippen molar-refractivity contribution in [2.75, 3.05) is 6.54 Å². The minimum absolute atomic E-state index is 0.0198. The van der Waals surface area contributed by atoms with Crippen LogP contribution in [-0.4, -0.2) is 32.7 Å². The Morgan fingerprint density at radius 2 is 2.26 bits per heavy atom. The number of tetrazole rings is 1. The highest BCUT2D eigenvalue weighted by Gasteiger charge is 2.13. The van der Waals surface area contributed by atoms with Gasteiger partial charge < -0.3 is 5.32 Å². The second-order valence-corrected chi connectivity index (χ2v) is 4.52. The first-order chi connectivity index (χ1) is 9.08. The molecule has 2 aromatic rings. The predicted octanol–water partition coefficient (Wildman–Crippen LogP) is 1.19. The minimum atomic E-state index is -0.571. The highest BCUT2D eigenvalue weighted by molar-refractivity contribution is 5.95. The Labute approximate surface area is 109 Å². The van der Waals surface area contributed by atoms with Crippen LogP contribution in [0, 0.1) is 11.7 Å². The number of carbonyl (C=O) groups is 1. The van der Waals surface area contributed by atoms with Crippen LogP contribution in [0.15, 0.2) is 24.5 Å². The summed E-state index contributed by atoms with van der Waals surface area (Å²) in [5, 5.41) is 13.4. The summed E-state index contributed by atoms with van der Waals surface area (Å²) in [5.41, 5.74) is 0.509. The third kappa shape index (κ3) is 3.12.